The van der Waals surface area contributed by atoms with Crippen molar-refractivity contribution in [2.75, 3.05) is 0 Å². The Bertz CT molecular complexity index is 268. The van der Waals surface area contributed by atoms with E-state index >= 15 is 0 Å². The van der Waals surface area contributed by atoms with Crippen molar-refractivity contribution in [1.29, 1.82) is 0 Å². The molecule has 0 atom stereocenters. The average Bonchev–Trinajstić information content (AvgIpc) is 1.93. The molecule has 2 N–H and O–H groups in total. The maximum absolute atomic E-state index is 12.5. The second-order valence-corrected chi connectivity index (χ2v) is 3.58. The molecule has 0 bridgehead atoms. The number of rotatable bonds is 3. The standard InChI is InChI=1S/C8H11F2NO3/c1-7(9,10)5(12)11-8(6(13)14)3-2-4-8/h2-4H2,1H3,(H,11,12)(H,13,14). The SMILES string of the molecule is CC(F)(F)C(=O)NC1(C(=O)O)CCC1. The highest BCUT2D eigenvalue weighted by atomic mass is 19.3. The molecule has 0 heterocycles. The Kier molecular flexibility index (Phi) is 2.47. The van der Waals surface area contributed by atoms with Crippen molar-refractivity contribution in [2.45, 2.75) is 37.6 Å². The second-order valence-electron chi connectivity index (χ2n) is 3.58. The number of carbonyl (C=O) groups is 2. The molecule has 1 amide bonds. The van der Waals surface area contributed by atoms with E-state index in [1.807, 2.05) is 5.32 Å². The molecular weight excluding hydrogens is 196 g/mol. The minimum absolute atomic E-state index is 0.212. The van der Waals surface area contributed by atoms with E-state index in [2.05, 4.69) is 0 Å². The number of hydrogen-bond acceptors (Lipinski definition) is 2. The Labute approximate surface area is 79.3 Å². The zero-order valence-electron chi connectivity index (χ0n) is 7.64. The fourth-order valence-electron chi connectivity index (χ4n) is 1.25. The summed E-state index contributed by atoms with van der Waals surface area (Å²) in [6.45, 7) is 0.441. The molecule has 0 saturated heterocycles. The molecule has 0 aromatic carbocycles. The van der Waals surface area contributed by atoms with Crippen LogP contribution in [0.3, 0.4) is 0 Å². The first-order valence-corrected chi connectivity index (χ1v) is 4.22. The van der Waals surface area contributed by atoms with Crippen molar-refractivity contribution in [2.24, 2.45) is 0 Å². The van der Waals surface area contributed by atoms with Crippen LogP contribution >= 0.6 is 0 Å². The van der Waals surface area contributed by atoms with Gasteiger partial charge < -0.3 is 10.4 Å². The topological polar surface area (TPSA) is 66.4 Å². The molecule has 0 unspecified atom stereocenters. The van der Waals surface area contributed by atoms with Gasteiger partial charge in [0.2, 0.25) is 0 Å². The molecule has 0 aromatic heterocycles. The van der Waals surface area contributed by atoms with Crippen LogP contribution in [-0.4, -0.2) is 28.4 Å². The van der Waals surface area contributed by atoms with Gasteiger partial charge in [0.25, 0.3) is 5.91 Å². The lowest BCUT2D eigenvalue weighted by molar-refractivity contribution is -0.158. The van der Waals surface area contributed by atoms with Crippen LogP contribution in [0.15, 0.2) is 0 Å². The van der Waals surface area contributed by atoms with E-state index < -0.39 is 23.3 Å². The first-order chi connectivity index (χ1) is 6.28. The lowest BCUT2D eigenvalue weighted by Crippen LogP contribution is -2.61. The van der Waals surface area contributed by atoms with E-state index in [-0.39, 0.29) is 12.8 Å². The van der Waals surface area contributed by atoms with Crippen molar-refractivity contribution in [3.05, 3.63) is 0 Å². The summed E-state index contributed by atoms with van der Waals surface area (Å²) in [6.07, 6.45) is 1.05. The Morgan fingerprint density at radius 2 is 1.93 bits per heavy atom. The van der Waals surface area contributed by atoms with Crippen molar-refractivity contribution < 1.29 is 23.5 Å². The number of amides is 1. The Morgan fingerprint density at radius 1 is 1.43 bits per heavy atom. The molecule has 0 aliphatic heterocycles. The molecule has 80 valence electrons. The van der Waals surface area contributed by atoms with Crippen LogP contribution in [0.4, 0.5) is 8.78 Å². The maximum atomic E-state index is 12.5. The van der Waals surface area contributed by atoms with Crippen LogP contribution in [-0.2, 0) is 9.59 Å². The predicted molar refractivity (Wildman–Crippen MR) is 43.0 cm³/mol. The zero-order valence-corrected chi connectivity index (χ0v) is 7.64. The third-order valence-corrected chi connectivity index (χ3v) is 2.37. The van der Waals surface area contributed by atoms with Crippen LogP contribution in [0.5, 0.6) is 0 Å². The van der Waals surface area contributed by atoms with Crippen LogP contribution < -0.4 is 5.32 Å². The molecule has 0 aromatic rings. The number of carboxylic acids is 1. The average molecular weight is 207 g/mol. The molecule has 1 aliphatic rings. The van der Waals surface area contributed by atoms with Crippen LogP contribution in [0.2, 0.25) is 0 Å². The van der Waals surface area contributed by atoms with Crippen molar-refractivity contribution in [1.82, 2.24) is 5.32 Å². The molecular formula is C8H11F2NO3. The lowest BCUT2D eigenvalue weighted by atomic mass is 9.76. The van der Waals surface area contributed by atoms with Crippen LogP contribution in [0.25, 0.3) is 0 Å². The molecule has 0 spiro atoms. The molecule has 1 saturated carbocycles. The van der Waals surface area contributed by atoms with Gasteiger partial charge in [-0.05, 0) is 19.3 Å². The monoisotopic (exact) mass is 207 g/mol. The van der Waals surface area contributed by atoms with E-state index in [0.717, 1.165) is 0 Å². The van der Waals surface area contributed by atoms with E-state index in [1.165, 1.54) is 0 Å². The summed E-state index contributed by atoms with van der Waals surface area (Å²) in [4.78, 5) is 21.6. The number of aliphatic carboxylic acids is 1. The van der Waals surface area contributed by atoms with E-state index in [4.69, 9.17) is 5.11 Å². The maximum Gasteiger partial charge on any atom is 0.329 e. The van der Waals surface area contributed by atoms with Gasteiger partial charge in [-0.2, -0.15) is 8.78 Å². The van der Waals surface area contributed by atoms with Gasteiger partial charge in [0.05, 0.1) is 0 Å². The van der Waals surface area contributed by atoms with Crippen molar-refractivity contribution in [3.8, 4) is 0 Å². The summed E-state index contributed by atoms with van der Waals surface area (Å²) in [5.41, 5.74) is -1.46. The molecule has 1 rings (SSSR count). The number of carboxylic acid groups (broad SMARTS) is 1. The van der Waals surface area contributed by atoms with Crippen molar-refractivity contribution >= 4 is 11.9 Å². The number of alkyl halides is 2. The molecule has 14 heavy (non-hydrogen) atoms. The van der Waals surface area contributed by atoms with Gasteiger partial charge in [0.1, 0.15) is 5.54 Å². The lowest BCUT2D eigenvalue weighted by Gasteiger charge is -2.38. The number of carbonyl (C=O) groups excluding carboxylic acids is 1. The van der Waals surface area contributed by atoms with E-state index in [0.29, 0.717) is 13.3 Å². The largest absolute Gasteiger partial charge is 0.480 e. The van der Waals surface area contributed by atoms with Gasteiger partial charge in [0.15, 0.2) is 0 Å². The molecule has 4 nitrogen and oxygen atoms in total. The third-order valence-electron chi connectivity index (χ3n) is 2.37. The number of hydrogen-bond donors (Lipinski definition) is 2. The fourth-order valence-corrected chi connectivity index (χ4v) is 1.25. The Balaban J connectivity index is 2.67. The summed E-state index contributed by atoms with van der Waals surface area (Å²) < 4.78 is 24.9. The third kappa shape index (κ3) is 1.83. The summed E-state index contributed by atoms with van der Waals surface area (Å²) >= 11 is 0. The van der Waals surface area contributed by atoms with Crippen molar-refractivity contribution in [3.63, 3.8) is 0 Å². The zero-order chi connectivity index (χ0) is 11.0. The normalized spacial score (nSPS) is 19.6. The summed E-state index contributed by atoms with van der Waals surface area (Å²) in [6, 6.07) is 0. The molecule has 0 radical (unpaired) electrons. The quantitative estimate of drug-likeness (QED) is 0.718. The highest BCUT2D eigenvalue weighted by molar-refractivity contribution is 5.90. The Hall–Kier alpha value is -1.20. The number of nitrogens with one attached hydrogen (secondary N) is 1. The summed E-state index contributed by atoms with van der Waals surface area (Å²) in [5, 5.41) is 10.6. The first-order valence-electron chi connectivity index (χ1n) is 4.22. The minimum Gasteiger partial charge on any atom is -0.480 e. The van der Waals surface area contributed by atoms with Crippen LogP contribution in [0, 0.1) is 0 Å². The predicted octanol–water partition coefficient (Wildman–Crippen LogP) is 0.765. The van der Waals surface area contributed by atoms with Gasteiger partial charge in [-0.1, -0.05) is 0 Å². The van der Waals surface area contributed by atoms with Gasteiger partial charge in [0, 0.05) is 6.92 Å². The highest BCUT2D eigenvalue weighted by Gasteiger charge is 2.48. The minimum atomic E-state index is -3.53. The second kappa shape index (κ2) is 3.18. The fraction of sp³-hybridized carbons (Fsp3) is 0.750. The van der Waals surface area contributed by atoms with Gasteiger partial charge >= 0.3 is 11.9 Å². The number of halogens is 2. The van der Waals surface area contributed by atoms with Gasteiger partial charge in [-0.25, -0.2) is 4.79 Å². The van der Waals surface area contributed by atoms with E-state index in [9.17, 15) is 18.4 Å². The summed E-state index contributed by atoms with van der Waals surface area (Å²) in [5.74, 6) is -6.31. The van der Waals surface area contributed by atoms with Crippen LogP contribution in [0.1, 0.15) is 26.2 Å². The molecule has 1 fully saturated rings. The Morgan fingerprint density at radius 3 is 2.14 bits per heavy atom. The van der Waals surface area contributed by atoms with Gasteiger partial charge in [-0.15, -0.1) is 0 Å². The molecule has 6 heteroatoms. The first kappa shape index (κ1) is 10.9. The van der Waals surface area contributed by atoms with Gasteiger partial charge in [-0.3, -0.25) is 4.79 Å². The highest BCUT2D eigenvalue weighted by Crippen LogP contribution is 2.32. The van der Waals surface area contributed by atoms with E-state index in [1.54, 1.807) is 0 Å². The molecule has 1 aliphatic carbocycles. The smallest absolute Gasteiger partial charge is 0.329 e. The summed E-state index contributed by atoms with van der Waals surface area (Å²) in [7, 11) is 0.